The number of carbonyl (C=O) groups excluding carboxylic acids is 1. The zero-order valence-corrected chi connectivity index (χ0v) is 14.0. The van der Waals surface area contributed by atoms with Crippen LogP contribution in [-0.4, -0.2) is 40.0 Å². The number of alkyl halides is 3. The number of hydrogen-bond acceptors (Lipinski definition) is 6. The zero-order chi connectivity index (χ0) is 19.1. The Morgan fingerprint density at radius 2 is 2.00 bits per heavy atom. The maximum atomic E-state index is 12.8. The van der Waals surface area contributed by atoms with Gasteiger partial charge in [0.15, 0.2) is 27.5 Å². The minimum Gasteiger partial charge on any atom is -0.298 e. The molecule has 0 aliphatic carbocycles. The molecule has 26 heavy (non-hydrogen) atoms. The fraction of sp³-hybridized carbons (Fsp3) is 0.200. The highest BCUT2D eigenvalue weighted by atomic mass is 32.2. The van der Waals surface area contributed by atoms with Gasteiger partial charge in [-0.15, -0.1) is 0 Å². The zero-order valence-electron chi connectivity index (χ0n) is 13.2. The second-order valence-electron chi connectivity index (χ2n) is 5.28. The number of aromatic nitrogens is 4. The molecule has 0 amide bonds. The van der Waals surface area contributed by atoms with Crippen molar-refractivity contribution in [2.75, 3.05) is 5.75 Å². The van der Waals surface area contributed by atoms with Gasteiger partial charge < -0.3 is 0 Å². The molecule has 0 spiro atoms. The molecule has 0 N–H and O–H groups in total. The second kappa shape index (κ2) is 6.16. The Balaban J connectivity index is 2.21. The minimum atomic E-state index is -4.63. The van der Waals surface area contributed by atoms with Crippen LogP contribution in [0, 0.1) is 0 Å². The van der Waals surface area contributed by atoms with Gasteiger partial charge in [-0.3, -0.25) is 9.78 Å². The molecular formula is C15H11F3N4O3S. The third-order valence-corrected chi connectivity index (χ3v) is 5.32. The van der Waals surface area contributed by atoms with Gasteiger partial charge in [0.25, 0.3) is 0 Å². The van der Waals surface area contributed by atoms with Gasteiger partial charge in [0.05, 0.1) is 16.3 Å². The van der Waals surface area contributed by atoms with E-state index < -0.39 is 21.7 Å². The highest BCUT2D eigenvalue weighted by Crippen LogP contribution is 2.30. The maximum Gasteiger partial charge on any atom is 0.435 e. The van der Waals surface area contributed by atoms with E-state index in [1.54, 1.807) is 0 Å². The first kappa shape index (κ1) is 18.0. The van der Waals surface area contributed by atoms with Gasteiger partial charge in [0.1, 0.15) is 5.69 Å². The Morgan fingerprint density at radius 3 is 2.62 bits per heavy atom. The number of fused-ring (bicyclic) bond motifs is 1. The molecule has 0 fully saturated rings. The van der Waals surface area contributed by atoms with Crippen molar-refractivity contribution in [2.45, 2.75) is 18.0 Å². The highest BCUT2D eigenvalue weighted by molar-refractivity contribution is 7.91. The summed E-state index contributed by atoms with van der Waals surface area (Å²) in [6.45, 7) is 1.43. The third-order valence-electron chi connectivity index (χ3n) is 3.58. The summed E-state index contributed by atoms with van der Waals surface area (Å²) in [6.07, 6.45) is -1.78. The molecule has 11 heteroatoms. The van der Waals surface area contributed by atoms with E-state index in [1.807, 2.05) is 0 Å². The van der Waals surface area contributed by atoms with Gasteiger partial charge >= 0.3 is 6.18 Å². The lowest BCUT2D eigenvalue weighted by atomic mass is 10.2. The average Bonchev–Trinajstić information content (AvgIpc) is 3.04. The van der Waals surface area contributed by atoms with Crippen molar-refractivity contribution in [3.05, 3.63) is 41.9 Å². The number of halogens is 3. The predicted octanol–water partition coefficient (Wildman–Crippen LogP) is 2.42. The molecule has 0 saturated carbocycles. The topological polar surface area (TPSA) is 94.3 Å². The Hall–Kier alpha value is -2.82. The number of nitrogens with zero attached hydrogens (tertiary/aromatic N) is 4. The van der Waals surface area contributed by atoms with Crippen molar-refractivity contribution < 1.29 is 26.4 Å². The van der Waals surface area contributed by atoms with Crippen LogP contribution in [0.25, 0.3) is 17.0 Å². The van der Waals surface area contributed by atoms with Crippen LogP contribution in [0.2, 0.25) is 0 Å². The van der Waals surface area contributed by atoms with Crippen LogP contribution in [0.3, 0.4) is 0 Å². The predicted molar refractivity (Wildman–Crippen MR) is 84.3 cm³/mol. The normalized spacial score (nSPS) is 12.5. The number of hydrogen-bond donors (Lipinski definition) is 0. The van der Waals surface area contributed by atoms with E-state index in [4.69, 9.17) is 0 Å². The van der Waals surface area contributed by atoms with Gasteiger partial charge in [-0.1, -0.05) is 6.92 Å². The van der Waals surface area contributed by atoms with Gasteiger partial charge in [0.2, 0.25) is 0 Å². The number of sulfone groups is 1. The van der Waals surface area contributed by atoms with Gasteiger partial charge in [-0.2, -0.15) is 18.3 Å². The molecule has 136 valence electrons. The molecule has 0 radical (unpaired) electrons. The van der Waals surface area contributed by atoms with E-state index in [1.165, 1.54) is 25.4 Å². The molecule has 3 aromatic rings. The summed E-state index contributed by atoms with van der Waals surface area (Å²) >= 11 is 0. The first-order valence-corrected chi connectivity index (χ1v) is 8.93. The molecule has 3 aromatic heterocycles. The smallest absolute Gasteiger partial charge is 0.298 e. The first-order chi connectivity index (χ1) is 12.2. The highest BCUT2D eigenvalue weighted by Gasteiger charge is 2.34. The monoisotopic (exact) mass is 384 g/mol. The van der Waals surface area contributed by atoms with Gasteiger partial charge in [0, 0.05) is 24.0 Å². The summed E-state index contributed by atoms with van der Waals surface area (Å²) < 4.78 is 63.9. The largest absolute Gasteiger partial charge is 0.435 e. The van der Waals surface area contributed by atoms with Crippen molar-refractivity contribution in [3.63, 3.8) is 0 Å². The van der Waals surface area contributed by atoms with Crippen molar-refractivity contribution in [1.29, 1.82) is 0 Å². The quantitative estimate of drug-likeness (QED) is 0.641. The van der Waals surface area contributed by atoms with Crippen LogP contribution < -0.4 is 0 Å². The van der Waals surface area contributed by atoms with E-state index in [9.17, 15) is 26.4 Å². The third kappa shape index (κ3) is 3.17. The molecule has 0 aliphatic rings. The lowest BCUT2D eigenvalue weighted by Gasteiger charge is -2.09. The fourth-order valence-corrected chi connectivity index (χ4v) is 3.34. The molecule has 0 aromatic carbocycles. The molecule has 0 atom stereocenters. The molecular weight excluding hydrogens is 373 g/mol. The summed E-state index contributed by atoms with van der Waals surface area (Å²) in [5.74, 6) is -0.239. The standard InChI is InChI=1S/C15H11F3N4O3S/c1-2-26(24,25)11-5-9(8-23)7-19-14(11)10-3-4-22-13(20-10)6-12(21-22)15(16,17)18/h3-8H,2H2,1H3. The Labute approximate surface area is 145 Å². The van der Waals surface area contributed by atoms with Crippen molar-refractivity contribution in [2.24, 2.45) is 0 Å². The number of rotatable bonds is 4. The Kier molecular flexibility index (Phi) is 4.26. The summed E-state index contributed by atoms with van der Waals surface area (Å²) in [4.78, 5) is 18.7. The van der Waals surface area contributed by atoms with Crippen molar-refractivity contribution in [1.82, 2.24) is 19.6 Å². The molecule has 0 saturated heterocycles. The molecule has 0 bridgehead atoms. The van der Waals surface area contributed by atoms with E-state index in [0.29, 0.717) is 6.29 Å². The number of pyridine rings is 1. The summed E-state index contributed by atoms with van der Waals surface area (Å²) in [7, 11) is -3.74. The first-order valence-electron chi connectivity index (χ1n) is 7.27. The molecule has 3 rings (SSSR count). The van der Waals surface area contributed by atoms with Crippen molar-refractivity contribution in [3.8, 4) is 11.4 Å². The number of carbonyl (C=O) groups is 1. The minimum absolute atomic E-state index is 0.0466. The van der Waals surface area contributed by atoms with Crippen LogP contribution in [0.5, 0.6) is 0 Å². The van der Waals surface area contributed by atoms with E-state index in [0.717, 1.165) is 16.6 Å². The van der Waals surface area contributed by atoms with Gasteiger partial charge in [-0.25, -0.2) is 17.9 Å². The summed E-state index contributed by atoms with van der Waals surface area (Å²) in [5, 5.41) is 3.38. The molecule has 0 aliphatic heterocycles. The molecule has 3 heterocycles. The van der Waals surface area contributed by atoms with E-state index >= 15 is 0 Å². The summed E-state index contributed by atoms with van der Waals surface area (Å²) in [5.41, 5.74) is -1.17. The SMILES string of the molecule is CCS(=O)(=O)c1cc(C=O)cnc1-c1ccn2nc(C(F)(F)F)cc2n1. The van der Waals surface area contributed by atoms with Gasteiger partial charge in [-0.05, 0) is 12.1 Å². The van der Waals surface area contributed by atoms with E-state index in [-0.39, 0.29) is 33.2 Å². The van der Waals surface area contributed by atoms with Crippen LogP contribution in [0.15, 0.2) is 35.5 Å². The van der Waals surface area contributed by atoms with Crippen molar-refractivity contribution >= 4 is 21.8 Å². The van der Waals surface area contributed by atoms with Crippen LogP contribution in [-0.2, 0) is 16.0 Å². The molecule has 7 nitrogen and oxygen atoms in total. The molecule has 0 unspecified atom stereocenters. The Morgan fingerprint density at radius 1 is 1.27 bits per heavy atom. The Bertz CT molecular complexity index is 1110. The lowest BCUT2D eigenvalue weighted by Crippen LogP contribution is -2.08. The average molecular weight is 384 g/mol. The maximum absolute atomic E-state index is 12.8. The fourth-order valence-electron chi connectivity index (χ4n) is 2.26. The van der Waals surface area contributed by atoms with Crippen LogP contribution >= 0.6 is 0 Å². The van der Waals surface area contributed by atoms with Crippen LogP contribution in [0.4, 0.5) is 13.2 Å². The summed E-state index contributed by atoms with van der Waals surface area (Å²) in [6, 6.07) is 3.21. The number of aldehydes is 1. The van der Waals surface area contributed by atoms with E-state index in [2.05, 4.69) is 15.1 Å². The second-order valence-corrected chi connectivity index (χ2v) is 7.53. The van der Waals surface area contributed by atoms with Crippen LogP contribution in [0.1, 0.15) is 23.0 Å². The lowest BCUT2D eigenvalue weighted by molar-refractivity contribution is -0.141.